The molecule has 0 heterocycles. The number of hydrogen-bond acceptors (Lipinski definition) is 7. The Balaban J connectivity index is 0.00000481. The number of benzene rings is 2. The first-order chi connectivity index (χ1) is 16.8. The van der Waals surface area contributed by atoms with Gasteiger partial charge in [0.25, 0.3) is 10.1 Å². The van der Waals surface area contributed by atoms with Crippen molar-refractivity contribution in [2.75, 3.05) is 50.3 Å². The van der Waals surface area contributed by atoms with Crippen LogP contribution in [0.4, 0.5) is 11.4 Å². The molecule has 0 aliphatic heterocycles. The Morgan fingerprint density at radius 1 is 0.865 bits per heavy atom. The van der Waals surface area contributed by atoms with Gasteiger partial charge in [-0.15, -0.1) is 11.6 Å². The van der Waals surface area contributed by atoms with Crippen LogP contribution in [0.5, 0.6) is 0 Å². The van der Waals surface area contributed by atoms with Crippen LogP contribution < -0.4 is 44.3 Å². The Morgan fingerprint density at radius 2 is 1.32 bits per heavy atom. The summed E-state index contributed by atoms with van der Waals surface area (Å²) in [7, 11) is -1.53. The van der Waals surface area contributed by atoms with Crippen molar-refractivity contribution in [1.82, 2.24) is 0 Å². The summed E-state index contributed by atoms with van der Waals surface area (Å²) in [5.74, 6) is -0.683. The number of nitrogens with zero attached hydrogens (tertiary/aromatic N) is 2. The number of nitrogens with one attached hydrogen (secondary N) is 1. The van der Waals surface area contributed by atoms with Crippen LogP contribution in [0.1, 0.15) is 11.1 Å². The molecule has 0 saturated carbocycles. The number of allylic oxidation sites excluding steroid dienone is 4. The largest absolute Gasteiger partial charge is 1.00 e. The molecule has 2 aromatic carbocycles. The van der Waals surface area contributed by atoms with E-state index >= 15 is 0 Å². The Kier molecular flexibility index (Phi) is 10.5. The third-order valence-corrected chi connectivity index (χ3v) is 6.99. The summed E-state index contributed by atoms with van der Waals surface area (Å²) in [6.07, 6.45) is 5.67. The minimum absolute atomic E-state index is 0. The molecule has 12 heteroatoms. The molecule has 2 N–H and O–H groups in total. The van der Waals surface area contributed by atoms with Gasteiger partial charge in [0.15, 0.2) is 6.54 Å². The van der Waals surface area contributed by atoms with Crippen LogP contribution in [0.25, 0.3) is 5.57 Å². The molecular formula is C25H28N3NaO6S2. The van der Waals surface area contributed by atoms with Gasteiger partial charge in [0.05, 0.1) is 11.5 Å². The fourth-order valence-corrected chi connectivity index (χ4v) is 4.66. The van der Waals surface area contributed by atoms with Gasteiger partial charge >= 0.3 is 29.6 Å². The summed E-state index contributed by atoms with van der Waals surface area (Å²) in [5.41, 5.74) is 4.24. The summed E-state index contributed by atoms with van der Waals surface area (Å²) in [5, 5.41) is 0. The first-order valence-electron chi connectivity index (χ1n) is 10.9. The Labute approximate surface area is 240 Å². The van der Waals surface area contributed by atoms with E-state index in [1.807, 2.05) is 86.5 Å². The van der Waals surface area contributed by atoms with Crippen LogP contribution in [-0.2, 0) is 20.2 Å². The Hall–Kier alpha value is -2.25. The third kappa shape index (κ3) is 8.37. The third-order valence-electron chi connectivity index (χ3n) is 5.45. The molecule has 2 aromatic rings. The fraction of sp³-hybridized carbons (Fsp3) is 0.240. The smallest absolute Gasteiger partial charge is 0.748 e. The van der Waals surface area contributed by atoms with Crippen LogP contribution in [-0.4, -0.2) is 72.1 Å². The van der Waals surface area contributed by atoms with Gasteiger partial charge in [0.1, 0.15) is 10.1 Å². The normalized spacial score (nSPS) is 14.7. The zero-order valence-electron chi connectivity index (χ0n) is 21.4. The molecule has 3 rings (SSSR count). The van der Waals surface area contributed by atoms with E-state index < -0.39 is 30.9 Å². The van der Waals surface area contributed by atoms with Crippen molar-refractivity contribution in [2.45, 2.75) is 0 Å². The van der Waals surface area contributed by atoms with E-state index in [-0.39, 0.29) is 47.4 Å². The summed E-state index contributed by atoms with van der Waals surface area (Å²) >= 11 is 0. The summed E-state index contributed by atoms with van der Waals surface area (Å²) in [6.45, 7) is -0.235. The van der Waals surface area contributed by atoms with Gasteiger partial charge in [-0.3, -0.25) is 9.55 Å². The molecule has 192 valence electrons. The molecule has 0 amide bonds. The molecule has 0 bridgehead atoms. The maximum absolute atomic E-state index is 12.4. The van der Waals surface area contributed by atoms with Gasteiger partial charge < -0.3 is 14.4 Å². The fourth-order valence-electron chi connectivity index (χ4n) is 3.62. The second kappa shape index (κ2) is 12.5. The van der Waals surface area contributed by atoms with Crippen LogP contribution in [0, 0.1) is 6.08 Å². The molecule has 9 nitrogen and oxygen atoms in total. The predicted molar refractivity (Wildman–Crippen MR) is 140 cm³/mol. The van der Waals surface area contributed by atoms with E-state index in [2.05, 4.69) is 11.1 Å². The Bertz CT molecular complexity index is 1400. The van der Waals surface area contributed by atoms with E-state index in [9.17, 15) is 25.9 Å². The van der Waals surface area contributed by atoms with E-state index in [1.165, 1.54) is 12.2 Å². The van der Waals surface area contributed by atoms with Crippen molar-refractivity contribution in [2.24, 2.45) is 0 Å². The number of hydrogen-bond donors (Lipinski definition) is 2. The van der Waals surface area contributed by atoms with Crippen molar-refractivity contribution in [3.8, 4) is 0 Å². The monoisotopic (exact) mass is 553 g/mol. The first kappa shape index (κ1) is 31.0. The zero-order valence-corrected chi connectivity index (χ0v) is 25.0. The van der Waals surface area contributed by atoms with Crippen molar-refractivity contribution < 1.29 is 60.5 Å². The molecule has 0 aromatic heterocycles. The quantitative estimate of drug-likeness (QED) is 0.215. The minimum atomic E-state index is -4.73. The average molecular weight is 554 g/mol. The molecular weight excluding hydrogens is 525 g/mol. The standard InChI is InChI=1S/C25H28N3O6S2.Na/c1-27(2)21-10-5-18(6-11-21)25(19-7-12-22(13-8-19)28(3)4)23-14-9-20(17-24(23)36(32,33)34)26-15-16-35(29,30)31;/h5-14H,15-16H2,1-4H3,(H,29,30,31)(H,32,33,34);/q-1;+1. The minimum Gasteiger partial charge on any atom is -0.748 e. The van der Waals surface area contributed by atoms with Gasteiger partial charge in [-0.25, -0.2) is 8.42 Å². The molecule has 0 fully saturated rings. The van der Waals surface area contributed by atoms with Gasteiger partial charge in [-0.05, 0) is 40.3 Å². The van der Waals surface area contributed by atoms with Gasteiger partial charge in [0.2, 0.25) is 0 Å². The summed E-state index contributed by atoms with van der Waals surface area (Å²) in [4.78, 5) is 6.08. The SMILES string of the molecule is CN(C)c1ccc(C(=C2C=CC(=[NH+]CCS(=O)(=O)[O-])[C-]=C2S(=O)(=O)O)c2ccc(N(C)C)cc2)cc1.[Na+]. The number of rotatable bonds is 8. The second-order valence-electron chi connectivity index (χ2n) is 8.54. The molecule has 0 saturated heterocycles. The second-order valence-corrected chi connectivity index (χ2v) is 11.4. The molecule has 0 atom stereocenters. The van der Waals surface area contributed by atoms with Crippen LogP contribution in [0.2, 0.25) is 0 Å². The van der Waals surface area contributed by atoms with E-state index in [4.69, 9.17) is 0 Å². The maximum atomic E-state index is 12.4. The summed E-state index contributed by atoms with van der Waals surface area (Å²) in [6, 6.07) is 15.1. The van der Waals surface area contributed by atoms with Crippen LogP contribution in [0.15, 0.2) is 71.2 Å². The summed E-state index contributed by atoms with van der Waals surface area (Å²) < 4.78 is 67.6. The van der Waals surface area contributed by atoms with Crippen molar-refractivity contribution in [1.29, 1.82) is 0 Å². The van der Waals surface area contributed by atoms with Crippen molar-refractivity contribution >= 4 is 42.9 Å². The molecule has 1 aliphatic carbocycles. The number of anilines is 2. The zero-order chi connectivity index (χ0) is 26.7. The van der Waals surface area contributed by atoms with E-state index in [0.29, 0.717) is 5.57 Å². The van der Waals surface area contributed by atoms with Crippen molar-refractivity contribution in [3.05, 3.63) is 88.4 Å². The Morgan fingerprint density at radius 3 is 1.70 bits per heavy atom. The molecule has 0 radical (unpaired) electrons. The van der Waals surface area contributed by atoms with E-state index in [1.54, 1.807) is 0 Å². The van der Waals surface area contributed by atoms with Gasteiger partial charge in [-0.1, -0.05) is 35.9 Å². The van der Waals surface area contributed by atoms with Crippen LogP contribution in [0.3, 0.4) is 0 Å². The topological polar surface area (TPSA) is 132 Å². The van der Waals surface area contributed by atoms with Gasteiger partial charge in [0, 0.05) is 39.6 Å². The van der Waals surface area contributed by atoms with Crippen molar-refractivity contribution in [3.63, 3.8) is 0 Å². The molecule has 0 unspecified atom stereocenters. The first-order valence-corrected chi connectivity index (χ1v) is 13.9. The molecule has 1 aliphatic rings. The average Bonchev–Trinajstić information content (AvgIpc) is 2.79. The van der Waals surface area contributed by atoms with Crippen LogP contribution >= 0.6 is 0 Å². The molecule has 0 spiro atoms. The predicted octanol–water partition coefficient (Wildman–Crippen LogP) is -2.16. The van der Waals surface area contributed by atoms with Gasteiger partial charge in [-0.2, -0.15) is 14.5 Å². The molecule has 37 heavy (non-hydrogen) atoms. The maximum Gasteiger partial charge on any atom is 1.00 e. The van der Waals surface area contributed by atoms with E-state index in [0.717, 1.165) is 22.5 Å².